The molecule has 2 aromatic rings. The second-order valence-corrected chi connectivity index (χ2v) is 12.1. The van der Waals surface area contributed by atoms with Crippen LogP contribution in [-0.4, -0.2) is 59.8 Å². The van der Waals surface area contributed by atoms with E-state index >= 15 is 0 Å². The molecule has 2 unspecified atom stereocenters. The Morgan fingerprint density at radius 3 is 2.83 bits per heavy atom. The Kier molecular flexibility index (Phi) is 7.26. The van der Waals surface area contributed by atoms with Crippen molar-refractivity contribution in [2.75, 3.05) is 19.3 Å². The monoisotopic (exact) mass is 472 g/mol. The summed E-state index contributed by atoms with van der Waals surface area (Å²) in [7, 11) is -3.30. The lowest BCUT2D eigenvalue weighted by Crippen LogP contribution is -2.51. The molecule has 0 aliphatic carbocycles. The minimum absolute atomic E-state index is 0.00811. The number of piperidine rings is 1. The molecular weight excluding hydrogens is 444 g/mol. The fourth-order valence-electron chi connectivity index (χ4n) is 3.63. The van der Waals surface area contributed by atoms with Gasteiger partial charge in [-0.3, -0.25) is 9.59 Å². The van der Waals surface area contributed by atoms with E-state index in [0.717, 1.165) is 40.8 Å². The predicted molar refractivity (Wildman–Crippen MR) is 123 cm³/mol. The lowest BCUT2D eigenvalue weighted by molar-refractivity contribution is -0.133. The number of hydrogen-bond donors (Lipinski definition) is 2. The summed E-state index contributed by atoms with van der Waals surface area (Å²) in [5.41, 5.74) is 0.824. The van der Waals surface area contributed by atoms with Crippen molar-refractivity contribution in [1.29, 1.82) is 0 Å². The Labute approximate surface area is 184 Å². The number of H-pyrrole nitrogens is 1. The van der Waals surface area contributed by atoms with Gasteiger partial charge >= 0.3 is 0 Å². The van der Waals surface area contributed by atoms with Gasteiger partial charge < -0.3 is 9.88 Å². The summed E-state index contributed by atoms with van der Waals surface area (Å²) in [6.45, 7) is 6.62. The van der Waals surface area contributed by atoms with Crippen LogP contribution in [0.15, 0.2) is 4.79 Å². The highest BCUT2D eigenvalue weighted by Gasteiger charge is 2.30. The maximum absolute atomic E-state index is 13.0. The van der Waals surface area contributed by atoms with E-state index in [4.69, 9.17) is 0 Å². The minimum Gasteiger partial charge on any atom is -0.337 e. The highest BCUT2D eigenvalue weighted by molar-refractivity contribution is 7.99. The van der Waals surface area contributed by atoms with Gasteiger partial charge in [-0.25, -0.2) is 18.1 Å². The topological polar surface area (TPSA) is 112 Å². The smallest absolute Gasteiger partial charge is 0.259 e. The van der Waals surface area contributed by atoms with E-state index in [0.29, 0.717) is 23.5 Å². The molecule has 0 spiro atoms. The summed E-state index contributed by atoms with van der Waals surface area (Å²) in [6.07, 6.45) is 3.81. The van der Waals surface area contributed by atoms with Gasteiger partial charge in [0.1, 0.15) is 10.7 Å². The van der Waals surface area contributed by atoms with Gasteiger partial charge in [-0.05, 0) is 45.6 Å². The van der Waals surface area contributed by atoms with Crippen LogP contribution in [0.1, 0.15) is 42.5 Å². The number of nitrogens with one attached hydrogen (secondary N) is 2. The number of sulfonamides is 1. The maximum atomic E-state index is 13.0. The Bertz CT molecular complexity index is 1090. The summed E-state index contributed by atoms with van der Waals surface area (Å²) in [4.78, 5) is 36.5. The number of hydrogen-bond acceptors (Lipinski definition) is 7. The third-order valence-corrected chi connectivity index (χ3v) is 8.33. The second-order valence-electron chi connectivity index (χ2n) is 7.73. The molecule has 0 saturated carbocycles. The molecule has 8 nitrogen and oxygen atoms in total. The molecule has 1 aliphatic heterocycles. The summed E-state index contributed by atoms with van der Waals surface area (Å²) >= 11 is 2.93. The van der Waals surface area contributed by atoms with Crippen LogP contribution in [0.3, 0.4) is 0 Å². The number of aromatic amines is 1. The largest absolute Gasteiger partial charge is 0.337 e. The fourth-order valence-corrected chi connectivity index (χ4v) is 5.99. The first kappa shape index (κ1) is 23.2. The Hall–Kier alpha value is -1.43. The molecule has 1 saturated heterocycles. The first-order chi connectivity index (χ1) is 14.1. The average molecular weight is 473 g/mol. The van der Waals surface area contributed by atoms with Gasteiger partial charge in [0.15, 0.2) is 0 Å². The number of nitrogens with zero attached hydrogens (tertiary/aromatic N) is 2. The Morgan fingerprint density at radius 2 is 2.13 bits per heavy atom. The zero-order valence-corrected chi connectivity index (χ0v) is 20.1. The zero-order chi connectivity index (χ0) is 22.1. The maximum Gasteiger partial charge on any atom is 0.259 e. The van der Waals surface area contributed by atoms with Gasteiger partial charge in [0.05, 0.1) is 22.6 Å². The molecule has 11 heteroatoms. The number of carbonyl (C=O) groups excluding carboxylic acids is 1. The SMILES string of the molecule is Cc1sc2nc(CSC(C)C(=O)N3CCCCC3CNS(C)(=O)=O)[nH]c(=O)c2c1C. The lowest BCUT2D eigenvalue weighted by Gasteiger charge is -2.37. The van der Waals surface area contributed by atoms with Crippen molar-refractivity contribution < 1.29 is 13.2 Å². The van der Waals surface area contributed by atoms with E-state index in [-0.39, 0.29) is 29.3 Å². The summed E-state index contributed by atoms with van der Waals surface area (Å²) < 4.78 is 25.4. The van der Waals surface area contributed by atoms with E-state index in [1.165, 1.54) is 23.1 Å². The first-order valence-corrected chi connectivity index (χ1v) is 13.7. The van der Waals surface area contributed by atoms with Crippen molar-refractivity contribution in [2.45, 2.75) is 57.1 Å². The Balaban J connectivity index is 1.66. The van der Waals surface area contributed by atoms with Crippen LogP contribution in [0.4, 0.5) is 0 Å². The number of rotatable bonds is 7. The molecule has 2 atom stereocenters. The molecule has 0 radical (unpaired) electrons. The van der Waals surface area contributed by atoms with Crippen LogP contribution in [0.2, 0.25) is 0 Å². The number of fused-ring (bicyclic) bond motifs is 1. The molecular formula is C19H28N4O4S3. The van der Waals surface area contributed by atoms with Crippen molar-refractivity contribution in [3.63, 3.8) is 0 Å². The van der Waals surface area contributed by atoms with E-state index in [2.05, 4.69) is 14.7 Å². The standard InChI is InChI=1S/C19H28N4O4S3/c1-11-12(2)29-18-16(11)17(24)21-15(22-18)10-28-13(3)19(25)23-8-6-5-7-14(23)9-20-30(4,26)27/h13-14,20H,5-10H2,1-4H3,(H,21,22,24). The number of aryl methyl sites for hydroxylation is 2. The number of likely N-dealkylation sites (tertiary alicyclic amines) is 1. The molecule has 0 aromatic carbocycles. The van der Waals surface area contributed by atoms with Crippen LogP contribution in [0.25, 0.3) is 10.2 Å². The number of thioether (sulfide) groups is 1. The molecule has 3 rings (SSSR count). The molecule has 2 N–H and O–H groups in total. The van der Waals surface area contributed by atoms with E-state index in [1.54, 1.807) is 4.90 Å². The van der Waals surface area contributed by atoms with Crippen LogP contribution < -0.4 is 10.3 Å². The van der Waals surface area contributed by atoms with Gasteiger partial charge in [0.2, 0.25) is 15.9 Å². The molecule has 0 bridgehead atoms. The number of thiophene rings is 1. The summed E-state index contributed by atoms with van der Waals surface area (Å²) in [5, 5.41) is 0.321. The quantitative estimate of drug-likeness (QED) is 0.639. The van der Waals surface area contributed by atoms with Crippen molar-refractivity contribution >= 4 is 49.2 Å². The first-order valence-electron chi connectivity index (χ1n) is 9.92. The second kappa shape index (κ2) is 9.37. The van der Waals surface area contributed by atoms with Crippen LogP contribution in [-0.2, 0) is 20.6 Å². The van der Waals surface area contributed by atoms with Crippen molar-refractivity contribution in [2.24, 2.45) is 0 Å². The average Bonchev–Trinajstić information content (AvgIpc) is 2.97. The normalized spacial score (nSPS) is 18.7. The fraction of sp³-hybridized carbons (Fsp3) is 0.632. The zero-order valence-electron chi connectivity index (χ0n) is 17.6. The lowest BCUT2D eigenvalue weighted by atomic mass is 10.0. The predicted octanol–water partition coefficient (Wildman–Crippen LogP) is 2.15. The summed E-state index contributed by atoms with van der Waals surface area (Å²) in [5.74, 6) is 0.979. The van der Waals surface area contributed by atoms with Crippen LogP contribution in [0, 0.1) is 13.8 Å². The third kappa shape index (κ3) is 5.43. The number of amides is 1. The van der Waals surface area contributed by atoms with Crippen LogP contribution in [0.5, 0.6) is 0 Å². The van der Waals surface area contributed by atoms with Gasteiger partial charge in [-0.1, -0.05) is 0 Å². The minimum atomic E-state index is -3.30. The molecule has 1 fully saturated rings. The van der Waals surface area contributed by atoms with E-state index in [1.807, 2.05) is 20.8 Å². The molecule has 1 amide bonds. The van der Waals surface area contributed by atoms with Gasteiger partial charge in [-0.15, -0.1) is 23.1 Å². The molecule has 3 heterocycles. The number of carbonyl (C=O) groups is 1. The highest BCUT2D eigenvalue weighted by atomic mass is 32.2. The van der Waals surface area contributed by atoms with Gasteiger partial charge in [0, 0.05) is 24.0 Å². The highest BCUT2D eigenvalue weighted by Crippen LogP contribution is 2.27. The van der Waals surface area contributed by atoms with Gasteiger partial charge in [-0.2, -0.15) is 0 Å². The number of aromatic nitrogens is 2. The molecule has 1 aliphatic rings. The van der Waals surface area contributed by atoms with Crippen molar-refractivity contribution in [3.8, 4) is 0 Å². The third-order valence-electron chi connectivity index (χ3n) is 5.40. The van der Waals surface area contributed by atoms with E-state index < -0.39 is 10.0 Å². The molecule has 166 valence electrons. The van der Waals surface area contributed by atoms with Crippen molar-refractivity contribution in [3.05, 3.63) is 26.6 Å². The van der Waals surface area contributed by atoms with Gasteiger partial charge in [0.25, 0.3) is 5.56 Å². The van der Waals surface area contributed by atoms with E-state index in [9.17, 15) is 18.0 Å². The Morgan fingerprint density at radius 1 is 1.40 bits per heavy atom. The molecule has 30 heavy (non-hydrogen) atoms. The van der Waals surface area contributed by atoms with Crippen LogP contribution >= 0.6 is 23.1 Å². The molecule has 2 aromatic heterocycles. The summed E-state index contributed by atoms with van der Waals surface area (Å²) in [6, 6.07) is -0.129. The van der Waals surface area contributed by atoms with Crippen molar-refractivity contribution in [1.82, 2.24) is 19.6 Å².